The molecule has 1 saturated heterocycles. The van der Waals surface area contributed by atoms with E-state index in [2.05, 4.69) is 44.7 Å². The lowest BCUT2D eigenvalue weighted by Gasteiger charge is -2.31. The molecule has 3 N–H and O–H groups in total. The zero-order valence-electron chi connectivity index (χ0n) is 15.4. The maximum Gasteiger partial charge on any atom is 0.191 e. The number of pyridine rings is 1. The average molecular weight is 403 g/mol. The number of hydrogen-bond acceptors (Lipinski definition) is 5. The summed E-state index contributed by atoms with van der Waals surface area (Å²) in [4.78, 5) is 11.3. The monoisotopic (exact) mass is 402 g/mol. The fourth-order valence-electron chi connectivity index (χ4n) is 2.61. The average Bonchev–Trinajstić information content (AvgIpc) is 2.65. The molecule has 1 unspecified atom stereocenters. The minimum absolute atomic E-state index is 0.393. The van der Waals surface area contributed by atoms with Crippen LogP contribution in [0, 0.1) is 0 Å². The second-order valence-corrected chi connectivity index (χ2v) is 6.90. The van der Waals surface area contributed by atoms with Crippen LogP contribution in [-0.4, -0.2) is 74.4 Å². The van der Waals surface area contributed by atoms with Crippen LogP contribution in [-0.2, 0) is 4.74 Å². The van der Waals surface area contributed by atoms with Gasteiger partial charge in [-0.05, 0) is 19.9 Å². The highest BCUT2D eigenvalue weighted by atomic mass is 35.5. The molecule has 0 amide bonds. The van der Waals surface area contributed by atoms with Crippen molar-refractivity contribution in [2.75, 3.05) is 57.8 Å². The lowest BCUT2D eigenvalue weighted by atomic mass is 10.2. The fraction of sp³-hybridized carbons (Fsp3) is 0.647. The number of ether oxygens (including phenoxy) is 1. The van der Waals surface area contributed by atoms with Gasteiger partial charge in [-0.1, -0.05) is 23.2 Å². The maximum absolute atomic E-state index is 6.10. The summed E-state index contributed by atoms with van der Waals surface area (Å²) < 4.78 is 5.40. The van der Waals surface area contributed by atoms with Gasteiger partial charge in [0.15, 0.2) is 5.96 Å². The van der Waals surface area contributed by atoms with Gasteiger partial charge >= 0.3 is 0 Å². The van der Waals surface area contributed by atoms with Crippen molar-refractivity contribution in [2.45, 2.75) is 19.9 Å². The molecule has 1 aliphatic rings. The molecule has 1 atom stereocenters. The highest BCUT2D eigenvalue weighted by Crippen LogP contribution is 2.21. The second-order valence-electron chi connectivity index (χ2n) is 6.05. The quantitative estimate of drug-likeness (QED) is 0.351. The number of nitrogens with one attached hydrogen (secondary N) is 3. The molecule has 0 spiro atoms. The Kier molecular flexibility index (Phi) is 9.25. The molecule has 146 valence electrons. The minimum atomic E-state index is 0.393. The van der Waals surface area contributed by atoms with Gasteiger partial charge in [0.05, 0.1) is 29.8 Å². The van der Waals surface area contributed by atoms with Crippen molar-refractivity contribution in [3.63, 3.8) is 0 Å². The van der Waals surface area contributed by atoms with Crippen molar-refractivity contribution in [3.05, 3.63) is 22.3 Å². The summed E-state index contributed by atoms with van der Waals surface area (Å²) >= 11 is 11.9. The highest BCUT2D eigenvalue weighted by molar-refractivity contribution is 6.35. The first-order valence-corrected chi connectivity index (χ1v) is 9.74. The molecule has 7 nitrogen and oxygen atoms in total. The lowest BCUT2D eigenvalue weighted by Crippen LogP contribution is -2.45. The van der Waals surface area contributed by atoms with E-state index in [0.29, 0.717) is 35.0 Å². The highest BCUT2D eigenvalue weighted by Gasteiger charge is 2.16. The number of aromatic nitrogens is 1. The summed E-state index contributed by atoms with van der Waals surface area (Å²) in [6, 6.07) is 2.06. The first-order chi connectivity index (χ1) is 12.6. The largest absolute Gasteiger partial charge is 0.379 e. The van der Waals surface area contributed by atoms with Gasteiger partial charge in [0.1, 0.15) is 5.82 Å². The van der Waals surface area contributed by atoms with Crippen molar-refractivity contribution >= 4 is 35.0 Å². The molecule has 1 aliphatic heterocycles. The van der Waals surface area contributed by atoms with Gasteiger partial charge in [-0.3, -0.25) is 9.89 Å². The summed E-state index contributed by atoms with van der Waals surface area (Å²) in [6.07, 6.45) is 1.57. The summed E-state index contributed by atoms with van der Waals surface area (Å²) in [6.45, 7) is 10.7. The number of halogens is 2. The molecular formula is C17H28Cl2N6O. The maximum atomic E-state index is 6.10. The Hall–Kier alpha value is -1.28. The number of anilines is 1. The summed E-state index contributed by atoms with van der Waals surface area (Å²) in [5.41, 5.74) is 0. The van der Waals surface area contributed by atoms with Crippen molar-refractivity contribution < 1.29 is 4.74 Å². The van der Waals surface area contributed by atoms with Gasteiger partial charge in [-0.15, -0.1) is 0 Å². The van der Waals surface area contributed by atoms with Crippen LogP contribution in [0.5, 0.6) is 0 Å². The van der Waals surface area contributed by atoms with E-state index in [-0.39, 0.29) is 0 Å². The molecule has 0 radical (unpaired) electrons. The summed E-state index contributed by atoms with van der Waals surface area (Å²) in [5, 5.41) is 10.8. The van der Waals surface area contributed by atoms with Gasteiger partial charge in [0, 0.05) is 45.0 Å². The molecule has 2 heterocycles. The Bertz CT molecular complexity index is 580. The Labute approximate surface area is 165 Å². The lowest BCUT2D eigenvalue weighted by molar-refractivity contribution is 0.0220. The normalized spacial score (nSPS) is 17.0. The fourth-order valence-corrected chi connectivity index (χ4v) is 3.05. The molecule has 0 aliphatic carbocycles. The first-order valence-electron chi connectivity index (χ1n) is 8.99. The summed E-state index contributed by atoms with van der Waals surface area (Å²) in [5.74, 6) is 1.44. The smallest absolute Gasteiger partial charge is 0.191 e. The van der Waals surface area contributed by atoms with Crippen molar-refractivity contribution in [1.82, 2.24) is 20.5 Å². The van der Waals surface area contributed by atoms with E-state index in [1.165, 1.54) is 0 Å². The van der Waals surface area contributed by atoms with E-state index >= 15 is 0 Å². The predicted octanol–water partition coefficient (Wildman–Crippen LogP) is 2.08. The Morgan fingerprint density at radius 3 is 2.77 bits per heavy atom. The molecule has 9 heteroatoms. The van der Waals surface area contributed by atoms with Crippen molar-refractivity contribution in [1.29, 1.82) is 0 Å². The van der Waals surface area contributed by atoms with Crippen molar-refractivity contribution in [2.24, 2.45) is 4.99 Å². The van der Waals surface area contributed by atoms with Crippen LogP contribution in [0.15, 0.2) is 17.3 Å². The van der Waals surface area contributed by atoms with Gasteiger partial charge in [-0.25, -0.2) is 4.98 Å². The molecule has 1 fully saturated rings. The minimum Gasteiger partial charge on any atom is -0.379 e. The van der Waals surface area contributed by atoms with Gasteiger partial charge in [-0.2, -0.15) is 0 Å². The Morgan fingerprint density at radius 1 is 1.31 bits per heavy atom. The predicted molar refractivity (Wildman–Crippen MR) is 109 cm³/mol. The molecule has 0 aromatic carbocycles. The van der Waals surface area contributed by atoms with Crippen molar-refractivity contribution in [3.8, 4) is 0 Å². The molecule has 26 heavy (non-hydrogen) atoms. The SMILES string of the molecule is CCNC(=NCC(C)N1CCOCC1)NCCNc1ncc(Cl)cc1Cl. The Morgan fingerprint density at radius 2 is 2.08 bits per heavy atom. The van der Waals surface area contributed by atoms with E-state index in [9.17, 15) is 0 Å². The van der Waals surface area contributed by atoms with E-state index in [1.807, 2.05) is 0 Å². The molecule has 1 aromatic rings. The van der Waals surface area contributed by atoms with Crippen LogP contribution in [0.25, 0.3) is 0 Å². The number of nitrogens with zero attached hydrogens (tertiary/aromatic N) is 3. The van der Waals surface area contributed by atoms with Crippen LogP contribution in [0.3, 0.4) is 0 Å². The molecule has 0 saturated carbocycles. The third kappa shape index (κ3) is 7.15. The number of hydrogen-bond donors (Lipinski definition) is 3. The van der Waals surface area contributed by atoms with E-state index in [4.69, 9.17) is 27.9 Å². The van der Waals surface area contributed by atoms with Gasteiger partial charge < -0.3 is 20.7 Å². The van der Waals surface area contributed by atoms with E-state index in [1.54, 1.807) is 12.3 Å². The van der Waals surface area contributed by atoms with Crippen LogP contribution in [0.1, 0.15) is 13.8 Å². The third-order valence-electron chi connectivity index (χ3n) is 4.04. The third-order valence-corrected chi connectivity index (χ3v) is 4.54. The van der Waals surface area contributed by atoms with E-state index in [0.717, 1.165) is 45.4 Å². The number of morpholine rings is 1. The van der Waals surface area contributed by atoms with Crippen LogP contribution < -0.4 is 16.0 Å². The number of aliphatic imine (C=N–C) groups is 1. The van der Waals surface area contributed by atoms with Gasteiger partial charge in [0.25, 0.3) is 0 Å². The van der Waals surface area contributed by atoms with Crippen LogP contribution in [0.4, 0.5) is 5.82 Å². The standard InChI is InChI=1S/C17H28Cl2N6O/c1-3-20-17(24-11-13(2)25-6-8-26-9-7-25)22-5-4-21-16-15(19)10-14(18)12-23-16/h10,12-13H,3-9,11H2,1-2H3,(H,21,23)(H2,20,22,24). The van der Waals surface area contributed by atoms with E-state index < -0.39 is 0 Å². The summed E-state index contributed by atoms with van der Waals surface area (Å²) in [7, 11) is 0. The number of rotatable bonds is 8. The zero-order valence-corrected chi connectivity index (χ0v) is 16.9. The molecule has 2 rings (SSSR count). The first kappa shape index (κ1) is 21.0. The Balaban J connectivity index is 1.75. The number of guanidine groups is 1. The van der Waals surface area contributed by atoms with Gasteiger partial charge in [0.2, 0.25) is 0 Å². The molecule has 0 bridgehead atoms. The second kappa shape index (κ2) is 11.4. The molecular weight excluding hydrogens is 375 g/mol. The van der Waals surface area contributed by atoms with Crippen LogP contribution in [0.2, 0.25) is 10.0 Å². The molecule has 1 aromatic heterocycles. The zero-order chi connectivity index (χ0) is 18.8. The topological polar surface area (TPSA) is 73.8 Å². The van der Waals surface area contributed by atoms with Crippen LogP contribution >= 0.6 is 23.2 Å².